The largest absolute Gasteiger partial charge is 0.617 e. The molecule has 0 radical (unpaired) electrons. The molecular formula is C16H16BrFN2O3. The number of ether oxygens (including phenoxy) is 1. The number of hydrogen-bond acceptors (Lipinski definition) is 3. The van der Waals surface area contributed by atoms with Crippen LogP contribution in [0.15, 0.2) is 41.0 Å². The summed E-state index contributed by atoms with van der Waals surface area (Å²) in [5.74, 6) is -1.33. The van der Waals surface area contributed by atoms with Gasteiger partial charge in [0.2, 0.25) is 5.75 Å². The van der Waals surface area contributed by atoms with Gasteiger partial charge in [0.05, 0.1) is 5.56 Å². The van der Waals surface area contributed by atoms with E-state index in [9.17, 15) is 14.4 Å². The lowest BCUT2D eigenvalue weighted by Crippen LogP contribution is -2.31. The zero-order valence-corrected chi connectivity index (χ0v) is 14.3. The fourth-order valence-corrected chi connectivity index (χ4v) is 2.45. The van der Waals surface area contributed by atoms with E-state index in [0.29, 0.717) is 23.1 Å². The van der Waals surface area contributed by atoms with Crippen LogP contribution < -0.4 is 9.47 Å². The van der Waals surface area contributed by atoms with Gasteiger partial charge in [-0.3, -0.25) is 4.79 Å². The number of halogens is 2. The average molecular weight is 383 g/mol. The maximum atomic E-state index is 13.8. The summed E-state index contributed by atoms with van der Waals surface area (Å²) in [4.78, 5) is 14.2. The van der Waals surface area contributed by atoms with Gasteiger partial charge in [0, 0.05) is 23.6 Å². The summed E-state index contributed by atoms with van der Waals surface area (Å²) in [6.07, 6.45) is 1.03. The molecule has 7 heteroatoms. The van der Waals surface area contributed by atoms with Crippen molar-refractivity contribution in [3.05, 3.63) is 57.7 Å². The van der Waals surface area contributed by atoms with Crippen LogP contribution in [0.4, 0.5) is 4.39 Å². The molecule has 1 aromatic heterocycles. The number of pyridine rings is 1. The normalized spacial score (nSPS) is 10.4. The highest BCUT2D eigenvalue weighted by Gasteiger charge is 2.21. The second-order valence-corrected chi connectivity index (χ2v) is 5.62. The fourth-order valence-electron chi connectivity index (χ4n) is 2.09. The summed E-state index contributed by atoms with van der Waals surface area (Å²) < 4.78 is 20.1. The van der Waals surface area contributed by atoms with E-state index in [1.165, 1.54) is 12.1 Å². The quantitative estimate of drug-likeness (QED) is 0.451. The molecule has 0 spiro atoms. The van der Waals surface area contributed by atoms with Crippen molar-refractivity contribution >= 4 is 21.8 Å². The predicted molar refractivity (Wildman–Crippen MR) is 86.8 cm³/mol. The molecule has 0 N–H and O–H groups in total. The van der Waals surface area contributed by atoms with Gasteiger partial charge < -0.3 is 14.8 Å². The van der Waals surface area contributed by atoms with E-state index in [1.54, 1.807) is 23.1 Å². The number of rotatable bonds is 5. The molecule has 5 nitrogen and oxygen atoms in total. The summed E-state index contributed by atoms with van der Waals surface area (Å²) in [5, 5.41) is 11.3. The Morgan fingerprint density at radius 1 is 1.30 bits per heavy atom. The number of carbonyl (C=O) groups excluding carboxylic acids is 1. The van der Waals surface area contributed by atoms with Gasteiger partial charge in [-0.1, -0.05) is 15.9 Å². The third-order valence-electron chi connectivity index (χ3n) is 3.31. The number of aromatic nitrogens is 1. The lowest BCUT2D eigenvalue weighted by atomic mass is 10.1. The Labute approximate surface area is 142 Å². The van der Waals surface area contributed by atoms with E-state index in [2.05, 4.69) is 15.9 Å². The SMILES string of the molecule is CCN(CC)C(=O)c1cc(Br)ccc1Oc1ccc[n+]([O-])c1F. The molecular weight excluding hydrogens is 367 g/mol. The molecule has 0 saturated heterocycles. The van der Waals surface area contributed by atoms with E-state index in [-0.39, 0.29) is 22.1 Å². The van der Waals surface area contributed by atoms with Crippen molar-refractivity contribution in [3.8, 4) is 11.5 Å². The van der Waals surface area contributed by atoms with Gasteiger partial charge in [-0.2, -0.15) is 0 Å². The van der Waals surface area contributed by atoms with Crippen molar-refractivity contribution in [2.45, 2.75) is 13.8 Å². The zero-order chi connectivity index (χ0) is 17.0. The summed E-state index contributed by atoms with van der Waals surface area (Å²) >= 11 is 3.31. The van der Waals surface area contributed by atoms with Crippen LogP contribution >= 0.6 is 15.9 Å². The van der Waals surface area contributed by atoms with Crippen molar-refractivity contribution in [2.75, 3.05) is 13.1 Å². The van der Waals surface area contributed by atoms with Crippen LogP contribution in [0.3, 0.4) is 0 Å². The Kier molecular flexibility index (Phi) is 5.54. The van der Waals surface area contributed by atoms with E-state index in [0.717, 1.165) is 6.20 Å². The van der Waals surface area contributed by atoms with Crippen molar-refractivity contribution in [1.82, 2.24) is 4.90 Å². The molecule has 1 aromatic carbocycles. The number of hydrogen-bond donors (Lipinski definition) is 0. The van der Waals surface area contributed by atoms with Crippen molar-refractivity contribution < 1.29 is 18.7 Å². The third kappa shape index (κ3) is 3.79. The summed E-state index contributed by atoms with van der Waals surface area (Å²) in [6, 6.07) is 7.55. The first-order valence-electron chi connectivity index (χ1n) is 7.12. The second kappa shape index (κ2) is 7.41. The van der Waals surface area contributed by atoms with Gasteiger partial charge in [-0.15, -0.1) is 9.12 Å². The highest BCUT2D eigenvalue weighted by atomic mass is 79.9. The third-order valence-corrected chi connectivity index (χ3v) is 3.80. The van der Waals surface area contributed by atoms with Gasteiger partial charge in [0.1, 0.15) is 5.75 Å². The molecule has 0 fully saturated rings. The number of amides is 1. The molecule has 0 aliphatic heterocycles. The maximum absolute atomic E-state index is 13.8. The molecule has 0 bridgehead atoms. The molecule has 0 aliphatic rings. The summed E-state index contributed by atoms with van der Waals surface area (Å²) in [7, 11) is 0. The Bertz CT molecular complexity index is 720. The highest BCUT2D eigenvalue weighted by Crippen LogP contribution is 2.29. The molecule has 0 atom stereocenters. The van der Waals surface area contributed by atoms with Gasteiger partial charge in [-0.05, 0) is 38.1 Å². The lowest BCUT2D eigenvalue weighted by Gasteiger charge is -2.20. The molecule has 1 amide bonds. The first-order valence-corrected chi connectivity index (χ1v) is 7.91. The lowest BCUT2D eigenvalue weighted by molar-refractivity contribution is -0.637. The van der Waals surface area contributed by atoms with E-state index >= 15 is 0 Å². The van der Waals surface area contributed by atoms with Gasteiger partial charge in [-0.25, -0.2) is 0 Å². The number of nitrogens with zero attached hydrogens (tertiary/aromatic N) is 2. The fraction of sp³-hybridized carbons (Fsp3) is 0.250. The van der Waals surface area contributed by atoms with Crippen LogP contribution in [0.5, 0.6) is 11.5 Å². The predicted octanol–water partition coefficient (Wildman–Crippen LogP) is 3.50. The van der Waals surface area contributed by atoms with Crippen LogP contribution in [-0.2, 0) is 0 Å². The van der Waals surface area contributed by atoms with Crippen LogP contribution in [-0.4, -0.2) is 23.9 Å². The molecule has 0 unspecified atom stereocenters. The molecule has 2 rings (SSSR count). The first kappa shape index (κ1) is 17.2. The zero-order valence-electron chi connectivity index (χ0n) is 12.8. The number of benzene rings is 1. The Morgan fingerprint density at radius 3 is 2.65 bits per heavy atom. The average Bonchev–Trinajstić information content (AvgIpc) is 2.54. The highest BCUT2D eigenvalue weighted by molar-refractivity contribution is 9.10. The molecule has 1 heterocycles. The minimum Gasteiger partial charge on any atom is -0.617 e. The van der Waals surface area contributed by atoms with Crippen molar-refractivity contribution in [3.63, 3.8) is 0 Å². The van der Waals surface area contributed by atoms with Gasteiger partial charge in [0.15, 0.2) is 6.20 Å². The molecule has 0 aliphatic carbocycles. The van der Waals surface area contributed by atoms with Crippen LogP contribution in [0, 0.1) is 11.2 Å². The standard InChI is InChI=1S/C16H16BrFN2O3/c1-3-19(4-2)16(21)12-10-11(17)7-8-13(12)23-14-6-5-9-20(22)15(14)18/h5-10H,3-4H2,1-2H3. The monoisotopic (exact) mass is 382 g/mol. The Balaban J connectivity index is 2.43. The summed E-state index contributed by atoms with van der Waals surface area (Å²) in [5.41, 5.74) is 0.295. The summed E-state index contributed by atoms with van der Waals surface area (Å²) in [6.45, 7) is 4.83. The topological polar surface area (TPSA) is 56.5 Å². The molecule has 122 valence electrons. The molecule has 23 heavy (non-hydrogen) atoms. The van der Waals surface area contributed by atoms with E-state index in [1.807, 2.05) is 13.8 Å². The van der Waals surface area contributed by atoms with Crippen LogP contribution in [0.1, 0.15) is 24.2 Å². The van der Waals surface area contributed by atoms with Crippen molar-refractivity contribution in [2.24, 2.45) is 0 Å². The van der Waals surface area contributed by atoms with Gasteiger partial charge >= 0.3 is 5.95 Å². The van der Waals surface area contributed by atoms with Crippen LogP contribution in [0.25, 0.3) is 0 Å². The minimum atomic E-state index is -1.06. The van der Waals surface area contributed by atoms with Crippen LogP contribution in [0.2, 0.25) is 0 Å². The maximum Gasteiger partial charge on any atom is 0.414 e. The second-order valence-electron chi connectivity index (χ2n) is 4.71. The Morgan fingerprint density at radius 2 is 2.00 bits per heavy atom. The number of carbonyl (C=O) groups is 1. The first-order chi connectivity index (χ1) is 11.0. The van der Waals surface area contributed by atoms with E-state index < -0.39 is 5.95 Å². The minimum absolute atomic E-state index is 0.0695. The smallest absolute Gasteiger partial charge is 0.414 e. The Hall–Kier alpha value is -2.15. The van der Waals surface area contributed by atoms with Gasteiger partial charge in [0.25, 0.3) is 5.91 Å². The van der Waals surface area contributed by atoms with Crippen molar-refractivity contribution in [1.29, 1.82) is 0 Å². The molecule has 2 aromatic rings. The molecule has 0 saturated carbocycles. The van der Waals surface area contributed by atoms with E-state index in [4.69, 9.17) is 4.74 Å².